The molecule has 1 aliphatic heterocycles. The molecule has 1 saturated heterocycles. The van der Waals surface area contributed by atoms with Gasteiger partial charge in [0.25, 0.3) is 0 Å². The summed E-state index contributed by atoms with van der Waals surface area (Å²) in [6, 6.07) is 8.78. The Hall–Kier alpha value is -2.80. The summed E-state index contributed by atoms with van der Waals surface area (Å²) in [6.07, 6.45) is 8.64. The zero-order valence-electron chi connectivity index (χ0n) is 14.1. The SMILES string of the molecule is CC1(C)N[C@H](c2cccnc2)C[C@H]1c1ccncc1.O=C(O)C(=O)O. The molecule has 0 saturated carbocycles. The van der Waals surface area contributed by atoms with Crippen LogP contribution in [-0.2, 0) is 9.59 Å². The molecule has 0 radical (unpaired) electrons. The lowest BCUT2D eigenvalue weighted by Gasteiger charge is -2.27. The lowest BCUT2D eigenvalue weighted by Crippen LogP contribution is -2.37. The molecule has 1 fully saturated rings. The molecule has 0 spiro atoms. The Morgan fingerprint density at radius 1 is 1.04 bits per heavy atom. The lowest BCUT2D eigenvalue weighted by molar-refractivity contribution is -0.159. The molecule has 1 aliphatic rings. The molecule has 2 aromatic heterocycles. The van der Waals surface area contributed by atoms with Gasteiger partial charge in [0, 0.05) is 42.3 Å². The summed E-state index contributed by atoms with van der Waals surface area (Å²) in [4.78, 5) is 26.5. The van der Waals surface area contributed by atoms with E-state index in [4.69, 9.17) is 19.8 Å². The van der Waals surface area contributed by atoms with Gasteiger partial charge < -0.3 is 15.5 Å². The van der Waals surface area contributed by atoms with Gasteiger partial charge in [-0.2, -0.15) is 0 Å². The molecule has 0 aromatic carbocycles. The first kappa shape index (κ1) is 18.5. The Balaban J connectivity index is 0.000000326. The van der Waals surface area contributed by atoms with Crippen LogP contribution < -0.4 is 5.32 Å². The smallest absolute Gasteiger partial charge is 0.414 e. The summed E-state index contributed by atoms with van der Waals surface area (Å²) < 4.78 is 0. The summed E-state index contributed by atoms with van der Waals surface area (Å²) in [7, 11) is 0. The Labute approximate surface area is 145 Å². The fraction of sp³-hybridized carbons (Fsp3) is 0.333. The van der Waals surface area contributed by atoms with Crippen molar-refractivity contribution >= 4 is 11.9 Å². The second-order valence-corrected chi connectivity index (χ2v) is 6.38. The first-order valence-corrected chi connectivity index (χ1v) is 7.85. The van der Waals surface area contributed by atoms with E-state index in [1.54, 1.807) is 0 Å². The molecule has 7 nitrogen and oxygen atoms in total. The van der Waals surface area contributed by atoms with Crippen LogP contribution in [0, 0.1) is 0 Å². The van der Waals surface area contributed by atoms with Gasteiger partial charge in [0.15, 0.2) is 0 Å². The van der Waals surface area contributed by atoms with Crippen LogP contribution in [0.2, 0.25) is 0 Å². The average Bonchev–Trinajstić information content (AvgIpc) is 2.92. The van der Waals surface area contributed by atoms with E-state index < -0.39 is 11.9 Å². The first-order valence-electron chi connectivity index (χ1n) is 7.85. The molecule has 25 heavy (non-hydrogen) atoms. The van der Waals surface area contributed by atoms with Gasteiger partial charge >= 0.3 is 11.9 Å². The molecule has 7 heteroatoms. The van der Waals surface area contributed by atoms with E-state index >= 15 is 0 Å². The van der Waals surface area contributed by atoms with E-state index in [1.807, 2.05) is 30.9 Å². The minimum absolute atomic E-state index is 0.0852. The van der Waals surface area contributed by atoms with Crippen molar-refractivity contribution in [2.75, 3.05) is 0 Å². The summed E-state index contributed by atoms with van der Waals surface area (Å²) in [6.45, 7) is 4.54. The highest BCUT2D eigenvalue weighted by atomic mass is 16.4. The van der Waals surface area contributed by atoms with Crippen molar-refractivity contribution in [2.45, 2.75) is 37.8 Å². The van der Waals surface area contributed by atoms with Crippen LogP contribution >= 0.6 is 0 Å². The van der Waals surface area contributed by atoms with Crippen molar-refractivity contribution in [2.24, 2.45) is 0 Å². The number of pyridine rings is 2. The van der Waals surface area contributed by atoms with Crippen molar-refractivity contribution in [3.8, 4) is 0 Å². The van der Waals surface area contributed by atoms with Gasteiger partial charge in [-0.05, 0) is 49.6 Å². The van der Waals surface area contributed by atoms with Crippen molar-refractivity contribution in [3.05, 3.63) is 60.2 Å². The van der Waals surface area contributed by atoms with E-state index in [9.17, 15) is 0 Å². The standard InChI is InChI=1S/C16H19N3.C2H2O4/c1-16(2)14(12-5-8-17-9-6-12)10-15(19-16)13-4-3-7-18-11-13;3-1(4)2(5)6/h3-9,11,14-15,19H,10H2,1-2H3;(H,3,4)(H,5,6)/t14-,15-;/m0./s1. The predicted molar refractivity (Wildman–Crippen MR) is 91.1 cm³/mol. The maximum atomic E-state index is 9.10. The van der Waals surface area contributed by atoms with Crippen LogP contribution in [0.15, 0.2) is 49.1 Å². The quantitative estimate of drug-likeness (QED) is 0.717. The molecule has 3 heterocycles. The summed E-state index contributed by atoms with van der Waals surface area (Å²) in [5, 5.41) is 18.5. The molecule has 2 atom stereocenters. The Morgan fingerprint density at radius 3 is 2.20 bits per heavy atom. The van der Waals surface area contributed by atoms with E-state index in [0.717, 1.165) is 6.42 Å². The number of carboxylic acids is 2. The Kier molecular flexibility index (Phi) is 5.82. The summed E-state index contributed by atoms with van der Waals surface area (Å²) in [5.41, 5.74) is 2.72. The number of nitrogens with zero attached hydrogens (tertiary/aromatic N) is 2. The zero-order valence-corrected chi connectivity index (χ0v) is 14.1. The monoisotopic (exact) mass is 343 g/mol. The van der Waals surface area contributed by atoms with Crippen molar-refractivity contribution in [1.29, 1.82) is 0 Å². The number of hydrogen-bond donors (Lipinski definition) is 3. The molecule has 3 rings (SSSR count). The van der Waals surface area contributed by atoms with Crippen LogP contribution in [-0.4, -0.2) is 37.7 Å². The second-order valence-electron chi connectivity index (χ2n) is 6.38. The molecular formula is C18H21N3O4. The number of rotatable bonds is 2. The molecule has 0 amide bonds. The number of aliphatic carboxylic acids is 2. The van der Waals surface area contributed by atoms with E-state index in [0.29, 0.717) is 12.0 Å². The molecule has 3 N–H and O–H groups in total. The minimum Gasteiger partial charge on any atom is -0.473 e. The highest BCUT2D eigenvalue weighted by Crippen LogP contribution is 2.43. The van der Waals surface area contributed by atoms with E-state index in [-0.39, 0.29) is 5.54 Å². The van der Waals surface area contributed by atoms with Gasteiger partial charge in [0.2, 0.25) is 0 Å². The van der Waals surface area contributed by atoms with Gasteiger partial charge in [-0.15, -0.1) is 0 Å². The normalized spacial score (nSPS) is 21.0. The van der Waals surface area contributed by atoms with Gasteiger partial charge in [-0.25, -0.2) is 9.59 Å². The fourth-order valence-corrected chi connectivity index (χ4v) is 3.09. The third kappa shape index (κ3) is 4.84. The number of carboxylic acid groups (broad SMARTS) is 2. The highest BCUT2D eigenvalue weighted by molar-refractivity contribution is 6.27. The maximum Gasteiger partial charge on any atom is 0.414 e. The van der Waals surface area contributed by atoms with Crippen LogP contribution in [0.1, 0.15) is 43.4 Å². The third-order valence-corrected chi connectivity index (χ3v) is 4.27. The Bertz CT molecular complexity index is 708. The largest absolute Gasteiger partial charge is 0.473 e. The molecular weight excluding hydrogens is 322 g/mol. The van der Waals surface area contributed by atoms with Gasteiger partial charge in [-0.1, -0.05) is 6.07 Å². The third-order valence-electron chi connectivity index (χ3n) is 4.27. The van der Waals surface area contributed by atoms with E-state index in [1.165, 1.54) is 11.1 Å². The summed E-state index contributed by atoms with van der Waals surface area (Å²) >= 11 is 0. The fourth-order valence-electron chi connectivity index (χ4n) is 3.09. The maximum absolute atomic E-state index is 9.10. The zero-order chi connectivity index (χ0) is 18.4. The van der Waals surface area contributed by atoms with Gasteiger partial charge in [0.1, 0.15) is 0 Å². The number of hydrogen-bond acceptors (Lipinski definition) is 5. The van der Waals surface area contributed by atoms with Crippen LogP contribution in [0.25, 0.3) is 0 Å². The summed E-state index contributed by atoms with van der Waals surface area (Å²) in [5.74, 6) is -3.15. The molecule has 132 valence electrons. The van der Waals surface area contributed by atoms with Crippen molar-refractivity contribution < 1.29 is 19.8 Å². The number of nitrogens with one attached hydrogen (secondary N) is 1. The van der Waals surface area contributed by atoms with Crippen LogP contribution in [0.4, 0.5) is 0 Å². The van der Waals surface area contributed by atoms with Crippen molar-refractivity contribution in [1.82, 2.24) is 15.3 Å². The number of carbonyl (C=O) groups is 2. The lowest BCUT2D eigenvalue weighted by atomic mass is 9.83. The highest BCUT2D eigenvalue weighted by Gasteiger charge is 2.41. The van der Waals surface area contributed by atoms with Crippen LogP contribution in [0.3, 0.4) is 0 Å². The Morgan fingerprint density at radius 2 is 1.68 bits per heavy atom. The van der Waals surface area contributed by atoms with Crippen LogP contribution in [0.5, 0.6) is 0 Å². The van der Waals surface area contributed by atoms with Crippen molar-refractivity contribution in [3.63, 3.8) is 0 Å². The predicted octanol–water partition coefficient (Wildman–Crippen LogP) is 2.23. The number of aromatic nitrogens is 2. The van der Waals surface area contributed by atoms with Gasteiger partial charge in [-0.3, -0.25) is 9.97 Å². The topological polar surface area (TPSA) is 112 Å². The molecule has 2 aromatic rings. The first-order chi connectivity index (χ1) is 11.8. The average molecular weight is 343 g/mol. The molecule has 0 aliphatic carbocycles. The molecule has 0 unspecified atom stereocenters. The minimum atomic E-state index is -1.82. The van der Waals surface area contributed by atoms with E-state index in [2.05, 4.69) is 47.3 Å². The van der Waals surface area contributed by atoms with Gasteiger partial charge in [0.05, 0.1) is 0 Å². The second kappa shape index (κ2) is 7.85. The molecule has 0 bridgehead atoms.